The van der Waals surface area contributed by atoms with Crippen LogP contribution in [-0.2, 0) is 11.2 Å². The molecule has 27 heavy (non-hydrogen) atoms. The lowest BCUT2D eigenvalue weighted by Crippen LogP contribution is -2.26. The second-order valence-electron chi connectivity index (χ2n) is 6.61. The highest BCUT2D eigenvalue weighted by molar-refractivity contribution is 8.15. The molecule has 140 valence electrons. The summed E-state index contributed by atoms with van der Waals surface area (Å²) in [4.78, 5) is 12.2. The third kappa shape index (κ3) is 5.44. The molecule has 1 amide bonds. The Labute approximate surface area is 163 Å². The number of ether oxygens (including phenoxy) is 1. The van der Waals surface area contributed by atoms with Gasteiger partial charge in [-0.1, -0.05) is 36.0 Å². The van der Waals surface area contributed by atoms with Crippen LogP contribution < -0.4 is 10.1 Å². The van der Waals surface area contributed by atoms with Crippen LogP contribution in [-0.4, -0.2) is 28.6 Å². The average molecular weight is 382 g/mol. The van der Waals surface area contributed by atoms with Gasteiger partial charge in [-0.15, -0.1) is 5.10 Å². The maximum atomic E-state index is 12.2. The fraction of sp³-hybridized carbons (Fsp3) is 0.286. The molecular weight excluding hydrogens is 358 g/mol. The summed E-state index contributed by atoms with van der Waals surface area (Å²) < 4.78 is 5.61. The zero-order valence-electron chi connectivity index (χ0n) is 15.7. The third-order valence-corrected chi connectivity index (χ3v) is 5.12. The summed E-state index contributed by atoms with van der Waals surface area (Å²) in [6.07, 6.45) is 2.49. The highest BCUT2D eigenvalue weighted by atomic mass is 32.2. The van der Waals surface area contributed by atoms with Crippen molar-refractivity contribution >= 4 is 29.1 Å². The van der Waals surface area contributed by atoms with Crippen molar-refractivity contribution in [3.63, 3.8) is 0 Å². The lowest BCUT2D eigenvalue weighted by Gasteiger charge is -2.08. The molecule has 0 saturated carbocycles. The number of hydrogen-bond acceptors (Lipinski definition) is 5. The molecule has 1 N–H and O–H groups in total. The van der Waals surface area contributed by atoms with Crippen LogP contribution in [0.4, 0.5) is 0 Å². The summed E-state index contributed by atoms with van der Waals surface area (Å²) in [6.45, 7) is 6.04. The summed E-state index contributed by atoms with van der Waals surface area (Å²) >= 11 is 1.42. The molecule has 0 aromatic heterocycles. The van der Waals surface area contributed by atoms with Crippen molar-refractivity contribution in [2.75, 3.05) is 0 Å². The quantitative estimate of drug-likeness (QED) is 0.609. The molecule has 1 atom stereocenters. The molecular formula is C21H23N3O2S. The molecule has 1 fully saturated rings. The first kappa shape index (κ1) is 19.2. The Morgan fingerprint density at radius 1 is 1.19 bits per heavy atom. The lowest BCUT2D eigenvalue weighted by atomic mass is 10.0. The number of nitrogens with one attached hydrogen (secondary N) is 1. The fourth-order valence-electron chi connectivity index (χ4n) is 2.68. The number of rotatable bonds is 6. The zero-order chi connectivity index (χ0) is 19.2. The van der Waals surface area contributed by atoms with Crippen LogP contribution in [0, 0.1) is 6.92 Å². The van der Waals surface area contributed by atoms with Gasteiger partial charge in [0.2, 0.25) is 5.91 Å². The second kappa shape index (κ2) is 8.86. The maximum Gasteiger partial charge on any atom is 0.239 e. The van der Waals surface area contributed by atoms with E-state index in [4.69, 9.17) is 4.74 Å². The second-order valence-corrected chi connectivity index (χ2v) is 7.80. The number of hydrogen-bond donors (Lipinski definition) is 1. The predicted molar refractivity (Wildman–Crippen MR) is 112 cm³/mol. The summed E-state index contributed by atoms with van der Waals surface area (Å²) in [5.41, 5.74) is 3.29. The molecule has 0 radical (unpaired) electrons. The summed E-state index contributed by atoms with van der Waals surface area (Å²) in [7, 11) is 0. The standard InChI is InChI=1S/C21H23N3O2S/c1-14(2)26-18-10-8-16(9-11-18)13-22-24-21-23-20(25)19(27-21)12-17-7-5-4-6-15(17)3/h4-11,13-14,19H,12H2,1-3H3,(H,23,24,25). The van der Waals surface area contributed by atoms with E-state index in [9.17, 15) is 4.79 Å². The Balaban J connectivity index is 1.59. The summed E-state index contributed by atoms with van der Waals surface area (Å²) in [6, 6.07) is 15.8. The van der Waals surface area contributed by atoms with Crippen LogP contribution in [0.5, 0.6) is 5.75 Å². The number of carbonyl (C=O) groups is 1. The van der Waals surface area contributed by atoms with Crippen LogP contribution in [0.1, 0.15) is 30.5 Å². The summed E-state index contributed by atoms with van der Waals surface area (Å²) in [5.74, 6) is 0.804. The van der Waals surface area contributed by atoms with Crippen LogP contribution in [0.15, 0.2) is 58.7 Å². The molecule has 1 unspecified atom stereocenters. The lowest BCUT2D eigenvalue weighted by molar-refractivity contribution is -0.118. The van der Waals surface area contributed by atoms with Gasteiger partial charge in [0.15, 0.2) is 5.17 Å². The Bertz CT molecular complexity index is 860. The zero-order valence-corrected chi connectivity index (χ0v) is 16.5. The van der Waals surface area contributed by atoms with E-state index in [2.05, 4.69) is 34.6 Å². The first-order valence-corrected chi connectivity index (χ1v) is 9.79. The number of amides is 1. The van der Waals surface area contributed by atoms with Gasteiger partial charge in [0, 0.05) is 0 Å². The topological polar surface area (TPSA) is 63.1 Å². The average Bonchev–Trinajstić information content (AvgIpc) is 2.97. The minimum atomic E-state index is -0.174. The monoisotopic (exact) mass is 381 g/mol. The van der Waals surface area contributed by atoms with E-state index in [-0.39, 0.29) is 17.3 Å². The van der Waals surface area contributed by atoms with Gasteiger partial charge >= 0.3 is 0 Å². The van der Waals surface area contributed by atoms with E-state index in [1.165, 1.54) is 22.9 Å². The summed E-state index contributed by atoms with van der Waals surface area (Å²) in [5, 5.41) is 11.4. The number of thioether (sulfide) groups is 1. The normalized spacial score (nSPS) is 18.4. The van der Waals surface area contributed by atoms with Gasteiger partial charge in [0.05, 0.1) is 17.6 Å². The van der Waals surface area contributed by atoms with Gasteiger partial charge in [0.25, 0.3) is 0 Å². The van der Waals surface area contributed by atoms with Gasteiger partial charge < -0.3 is 10.1 Å². The molecule has 0 spiro atoms. The fourth-order valence-corrected chi connectivity index (χ4v) is 3.63. The van der Waals surface area contributed by atoms with E-state index in [1.807, 2.05) is 50.2 Å². The number of benzene rings is 2. The SMILES string of the molecule is Cc1ccccc1CC1S/C(=N/N=Cc2ccc(OC(C)C)cc2)NC1=O. The van der Waals surface area contributed by atoms with Crippen molar-refractivity contribution in [3.8, 4) is 5.75 Å². The number of carbonyl (C=O) groups excluding carboxylic acids is 1. The van der Waals surface area contributed by atoms with Gasteiger partial charge in [-0.05, 0) is 68.1 Å². The van der Waals surface area contributed by atoms with Crippen LogP contribution in [0.25, 0.3) is 0 Å². The molecule has 1 aliphatic rings. The highest BCUT2D eigenvalue weighted by Crippen LogP contribution is 2.24. The van der Waals surface area contributed by atoms with Crippen molar-refractivity contribution in [1.82, 2.24) is 5.32 Å². The van der Waals surface area contributed by atoms with E-state index in [1.54, 1.807) is 6.21 Å². The first-order chi connectivity index (χ1) is 13.0. The first-order valence-electron chi connectivity index (χ1n) is 8.91. The molecule has 2 aromatic carbocycles. The number of aryl methyl sites for hydroxylation is 1. The Kier molecular flexibility index (Phi) is 6.29. The van der Waals surface area contributed by atoms with E-state index >= 15 is 0 Å². The molecule has 1 aliphatic heterocycles. The smallest absolute Gasteiger partial charge is 0.239 e. The molecule has 5 nitrogen and oxygen atoms in total. The minimum absolute atomic E-state index is 0.0209. The highest BCUT2D eigenvalue weighted by Gasteiger charge is 2.30. The maximum absolute atomic E-state index is 12.2. The largest absolute Gasteiger partial charge is 0.491 e. The number of nitrogens with zero attached hydrogens (tertiary/aromatic N) is 2. The molecule has 0 bridgehead atoms. The molecule has 3 rings (SSSR count). The van der Waals surface area contributed by atoms with Crippen LogP contribution in [0.3, 0.4) is 0 Å². The van der Waals surface area contributed by atoms with Crippen molar-refractivity contribution in [3.05, 3.63) is 65.2 Å². The van der Waals surface area contributed by atoms with E-state index in [0.29, 0.717) is 11.6 Å². The van der Waals surface area contributed by atoms with E-state index in [0.717, 1.165) is 11.3 Å². The van der Waals surface area contributed by atoms with Crippen LogP contribution >= 0.6 is 11.8 Å². The molecule has 1 heterocycles. The Hall–Kier alpha value is -2.60. The Morgan fingerprint density at radius 3 is 2.63 bits per heavy atom. The number of amidine groups is 1. The molecule has 2 aromatic rings. The van der Waals surface area contributed by atoms with Crippen molar-refractivity contribution in [2.45, 2.75) is 38.5 Å². The predicted octanol–water partition coefficient (Wildman–Crippen LogP) is 3.95. The minimum Gasteiger partial charge on any atom is -0.491 e. The molecule has 6 heteroatoms. The van der Waals surface area contributed by atoms with Crippen molar-refractivity contribution < 1.29 is 9.53 Å². The van der Waals surface area contributed by atoms with E-state index < -0.39 is 0 Å². The van der Waals surface area contributed by atoms with Gasteiger partial charge in [0.1, 0.15) is 5.75 Å². The van der Waals surface area contributed by atoms with Crippen molar-refractivity contribution in [1.29, 1.82) is 0 Å². The molecule has 1 saturated heterocycles. The van der Waals surface area contributed by atoms with Crippen LogP contribution in [0.2, 0.25) is 0 Å². The van der Waals surface area contributed by atoms with Gasteiger partial charge in [-0.3, -0.25) is 4.79 Å². The third-order valence-electron chi connectivity index (χ3n) is 4.05. The van der Waals surface area contributed by atoms with Crippen molar-refractivity contribution in [2.24, 2.45) is 10.2 Å². The Morgan fingerprint density at radius 2 is 1.93 bits per heavy atom. The molecule has 0 aliphatic carbocycles. The van der Waals surface area contributed by atoms with Gasteiger partial charge in [-0.2, -0.15) is 5.10 Å². The van der Waals surface area contributed by atoms with Gasteiger partial charge in [-0.25, -0.2) is 0 Å².